The molecule has 7 nitrogen and oxygen atoms in total. The molecule has 9 heteroatoms. The Labute approximate surface area is 207 Å². The standard InChI is InChI=1S/C25H26N6OS2/c32-23(26-12-13-30-14-16-31(17-15-30)24-27-10-3-11-28-24)20-8-6-19(7-9-20)18-33-25-29-21-4-1-2-5-22(21)34-25/h1-11H,12-18H2,(H,26,32). The molecule has 1 saturated heterocycles. The SMILES string of the molecule is O=C(NCCN1CCN(c2ncccn2)CC1)c1ccc(CSc2nc3ccccc3s2)cc1. The Balaban J connectivity index is 1.04. The van der Waals surface area contributed by atoms with Gasteiger partial charge in [-0.2, -0.15) is 0 Å². The molecule has 0 spiro atoms. The highest BCUT2D eigenvalue weighted by atomic mass is 32.2. The van der Waals surface area contributed by atoms with Gasteiger partial charge in [0, 0.05) is 63.0 Å². The molecular weight excluding hydrogens is 464 g/mol. The molecule has 1 N–H and O–H groups in total. The van der Waals surface area contributed by atoms with Crippen LogP contribution in [-0.2, 0) is 5.75 Å². The first-order chi connectivity index (χ1) is 16.7. The highest BCUT2D eigenvalue weighted by Crippen LogP contribution is 2.31. The van der Waals surface area contributed by atoms with Crippen LogP contribution in [0.2, 0.25) is 0 Å². The number of amides is 1. The van der Waals surface area contributed by atoms with Gasteiger partial charge in [-0.15, -0.1) is 11.3 Å². The molecule has 1 aliphatic rings. The third-order valence-corrected chi connectivity index (χ3v) is 8.02. The molecule has 2 aromatic carbocycles. The van der Waals surface area contributed by atoms with E-state index in [1.54, 1.807) is 35.5 Å². The Morgan fingerprint density at radius 2 is 1.74 bits per heavy atom. The molecule has 4 aromatic rings. The lowest BCUT2D eigenvalue weighted by Crippen LogP contribution is -2.49. The largest absolute Gasteiger partial charge is 0.351 e. The van der Waals surface area contributed by atoms with Gasteiger partial charge in [0.2, 0.25) is 5.95 Å². The summed E-state index contributed by atoms with van der Waals surface area (Å²) in [7, 11) is 0. The first kappa shape index (κ1) is 22.8. The van der Waals surface area contributed by atoms with Gasteiger partial charge in [-0.1, -0.05) is 36.0 Å². The number of benzene rings is 2. The third kappa shape index (κ3) is 5.72. The Morgan fingerprint density at radius 1 is 0.971 bits per heavy atom. The van der Waals surface area contributed by atoms with E-state index in [-0.39, 0.29) is 5.91 Å². The molecule has 174 valence electrons. The summed E-state index contributed by atoms with van der Waals surface area (Å²) in [5.41, 5.74) is 2.93. The lowest BCUT2D eigenvalue weighted by molar-refractivity contribution is 0.0947. The van der Waals surface area contributed by atoms with Gasteiger partial charge in [0.05, 0.1) is 10.2 Å². The molecule has 1 aliphatic heterocycles. The van der Waals surface area contributed by atoms with Crippen molar-refractivity contribution in [3.8, 4) is 0 Å². The van der Waals surface area contributed by atoms with E-state index in [1.807, 2.05) is 48.5 Å². The lowest BCUT2D eigenvalue weighted by atomic mass is 10.1. The predicted molar refractivity (Wildman–Crippen MR) is 139 cm³/mol. The first-order valence-electron chi connectivity index (χ1n) is 11.3. The Bertz CT molecular complexity index is 1190. The summed E-state index contributed by atoms with van der Waals surface area (Å²) in [5, 5.41) is 3.05. The molecule has 1 amide bonds. The Morgan fingerprint density at radius 3 is 2.50 bits per heavy atom. The monoisotopic (exact) mass is 490 g/mol. The van der Waals surface area contributed by atoms with Gasteiger partial charge in [-0.3, -0.25) is 9.69 Å². The number of hydrogen-bond acceptors (Lipinski definition) is 8. The van der Waals surface area contributed by atoms with E-state index >= 15 is 0 Å². The molecule has 0 unspecified atom stereocenters. The number of carbonyl (C=O) groups is 1. The molecule has 0 atom stereocenters. The molecule has 0 saturated carbocycles. The minimum Gasteiger partial charge on any atom is -0.351 e. The molecular formula is C25H26N6OS2. The summed E-state index contributed by atoms with van der Waals surface area (Å²) in [6.07, 6.45) is 3.55. The number of thiazole rings is 1. The molecule has 3 heterocycles. The minimum atomic E-state index is -0.0262. The predicted octanol–water partition coefficient (Wildman–Crippen LogP) is 3.93. The van der Waals surface area contributed by atoms with Gasteiger partial charge >= 0.3 is 0 Å². The average molecular weight is 491 g/mol. The van der Waals surface area contributed by atoms with E-state index in [1.165, 1.54) is 10.3 Å². The van der Waals surface area contributed by atoms with E-state index in [4.69, 9.17) is 0 Å². The van der Waals surface area contributed by atoms with Crippen molar-refractivity contribution in [1.29, 1.82) is 0 Å². The van der Waals surface area contributed by atoms with Crippen molar-refractivity contribution in [3.63, 3.8) is 0 Å². The lowest BCUT2D eigenvalue weighted by Gasteiger charge is -2.34. The molecule has 0 bridgehead atoms. The van der Waals surface area contributed by atoms with Crippen molar-refractivity contribution >= 4 is 45.2 Å². The van der Waals surface area contributed by atoms with Crippen LogP contribution < -0.4 is 10.2 Å². The van der Waals surface area contributed by atoms with Crippen LogP contribution in [0.5, 0.6) is 0 Å². The van der Waals surface area contributed by atoms with Crippen LogP contribution in [0, 0.1) is 0 Å². The van der Waals surface area contributed by atoms with Crippen LogP contribution in [0.25, 0.3) is 10.2 Å². The summed E-state index contributed by atoms with van der Waals surface area (Å²) in [6.45, 7) is 5.15. The molecule has 2 aromatic heterocycles. The summed E-state index contributed by atoms with van der Waals surface area (Å²) in [6, 6.07) is 17.9. The maximum absolute atomic E-state index is 12.5. The van der Waals surface area contributed by atoms with Gasteiger partial charge in [0.15, 0.2) is 4.34 Å². The fourth-order valence-electron chi connectivity index (χ4n) is 3.87. The van der Waals surface area contributed by atoms with E-state index in [2.05, 4.69) is 36.1 Å². The summed E-state index contributed by atoms with van der Waals surface area (Å²) >= 11 is 3.45. The van der Waals surface area contributed by atoms with E-state index in [0.717, 1.165) is 54.3 Å². The maximum Gasteiger partial charge on any atom is 0.251 e. The number of piperazine rings is 1. The second kappa shape index (κ2) is 10.9. The number of para-hydroxylation sites is 1. The zero-order valence-corrected chi connectivity index (χ0v) is 20.4. The normalized spacial score (nSPS) is 14.4. The minimum absolute atomic E-state index is 0.0262. The highest BCUT2D eigenvalue weighted by molar-refractivity contribution is 8.00. The fraction of sp³-hybridized carbons (Fsp3) is 0.280. The van der Waals surface area contributed by atoms with Crippen molar-refractivity contribution in [3.05, 3.63) is 78.1 Å². The fourth-order valence-corrected chi connectivity index (χ4v) is 5.89. The van der Waals surface area contributed by atoms with Crippen LogP contribution in [0.3, 0.4) is 0 Å². The van der Waals surface area contributed by atoms with Crippen molar-refractivity contribution < 1.29 is 4.79 Å². The quantitative estimate of drug-likeness (QED) is 0.375. The van der Waals surface area contributed by atoms with Gasteiger partial charge < -0.3 is 10.2 Å². The summed E-state index contributed by atoms with van der Waals surface area (Å²) in [5.74, 6) is 1.60. The van der Waals surface area contributed by atoms with Gasteiger partial charge in [0.1, 0.15) is 0 Å². The molecule has 0 aliphatic carbocycles. The second-order valence-electron chi connectivity index (χ2n) is 8.07. The number of nitrogens with one attached hydrogen (secondary N) is 1. The number of fused-ring (bicyclic) bond motifs is 1. The van der Waals surface area contributed by atoms with Crippen LogP contribution in [0.15, 0.2) is 71.3 Å². The molecule has 34 heavy (non-hydrogen) atoms. The summed E-state index contributed by atoms with van der Waals surface area (Å²) < 4.78 is 2.28. The number of hydrogen-bond donors (Lipinski definition) is 1. The topological polar surface area (TPSA) is 74.2 Å². The van der Waals surface area contributed by atoms with Gasteiger partial charge in [-0.05, 0) is 35.9 Å². The van der Waals surface area contributed by atoms with E-state index < -0.39 is 0 Å². The number of anilines is 1. The maximum atomic E-state index is 12.5. The molecule has 0 radical (unpaired) electrons. The number of nitrogens with zero attached hydrogens (tertiary/aromatic N) is 5. The molecule has 5 rings (SSSR count). The Hall–Kier alpha value is -3.01. The van der Waals surface area contributed by atoms with E-state index in [9.17, 15) is 4.79 Å². The van der Waals surface area contributed by atoms with Crippen LogP contribution in [0.4, 0.5) is 5.95 Å². The zero-order chi connectivity index (χ0) is 23.2. The number of aromatic nitrogens is 3. The second-order valence-corrected chi connectivity index (χ2v) is 10.3. The first-order valence-corrected chi connectivity index (χ1v) is 13.1. The van der Waals surface area contributed by atoms with Crippen LogP contribution in [-0.4, -0.2) is 65.0 Å². The van der Waals surface area contributed by atoms with Crippen molar-refractivity contribution in [2.75, 3.05) is 44.2 Å². The van der Waals surface area contributed by atoms with E-state index in [0.29, 0.717) is 12.1 Å². The third-order valence-electron chi connectivity index (χ3n) is 5.77. The van der Waals surface area contributed by atoms with Crippen LogP contribution in [0.1, 0.15) is 15.9 Å². The van der Waals surface area contributed by atoms with Gasteiger partial charge in [0.25, 0.3) is 5.91 Å². The zero-order valence-electron chi connectivity index (χ0n) is 18.8. The van der Waals surface area contributed by atoms with Crippen molar-refractivity contribution in [2.24, 2.45) is 0 Å². The average Bonchev–Trinajstić information content (AvgIpc) is 3.32. The number of rotatable bonds is 8. The van der Waals surface area contributed by atoms with Crippen LogP contribution >= 0.6 is 23.1 Å². The smallest absolute Gasteiger partial charge is 0.251 e. The van der Waals surface area contributed by atoms with Crippen molar-refractivity contribution in [1.82, 2.24) is 25.2 Å². The number of thioether (sulfide) groups is 1. The number of carbonyl (C=O) groups excluding carboxylic acids is 1. The summed E-state index contributed by atoms with van der Waals surface area (Å²) in [4.78, 5) is 30.4. The van der Waals surface area contributed by atoms with Crippen molar-refractivity contribution in [2.45, 2.75) is 10.1 Å². The highest BCUT2D eigenvalue weighted by Gasteiger charge is 2.18. The molecule has 1 fully saturated rings. The van der Waals surface area contributed by atoms with Gasteiger partial charge in [-0.25, -0.2) is 15.0 Å². The Kier molecular flexibility index (Phi) is 7.33.